The normalized spacial score (nSPS) is 10.9. The third-order valence-corrected chi connectivity index (χ3v) is 5.25. The van der Waals surface area contributed by atoms with E-state index in [1.54, 1.807) is 0 Å². The van der Waals surface area contributed by atoms with Crippen molar-refractivity contribution < 1.29 is 9.78 Å². The molecule has 3 nitrogen and oxygen atoms in total. The molecule has 0 aliphatic heterocycles. The van der Waals surface area contributed by atoms with Crippen LogP contribution >= 0.6 is 0 Å². The van der Waals surface area contributed by atoms with Gasteiger partial charge < -0.3 is 6.15 Å². The van der Waals surface area contributed by atoms with Gasteiger partial charge in [-0.2, -0.15) is 0 Å². The third kappa shape index (κ3) is 28.2. The molecule has 27 heavy (non-hydrogen) atoms. The third-order valence-electron chi connectivity index (χ3n) is 5.25. The lowest BCUT2D eigenvalue weighted by Crippen LogP contribution is -1.99. The van der Waals surface area contributed by atoms with E-state index in [1.807, 2.05) is 0 Å². The summed E-state index contributed by atoms with van der Waals surface area (Å²) in [5.41, 5.74) is 0. The van der Waals surface area contributed by atoms with Crippen LogP contribution < -0.4 is 6.15 Å². The molecule has 0 aromatic heterocycles. The largest absolute Gasteiger partial charge is 0.344 e. The second-order valence-corrected chi connectivity index (χ2v) is 8.01. The van der Waals surface area contributed by atoms with Crippen molar-refractivity contribution in [2.75, 3.05) is 13.2 Å². The minimum absolute atomic E-state index is 0. The number of hydrogen-bond donors (Lipinski definition) is 1. The van der Waals surface area contributed by atoms with Crippen LogP contribution in [-0.2, 0) is 9.78 Å². The quantitative estimate of drug-likeness (QED) is 0.108. The highest BCUT2D eigenvalue weighted by Gasteiger charge is 1.95. The molecule has 0 rings (SSSR count). The van der Waals surface area contributed by atoms with Crippen molar-refractivity contribution in [2.45, 2.75) is 142 Å². The van der Waals surface area contributed by atoms with Crippen LogP contribution in [0.5, 0.6) is 0 Å². The van der Waals surface area contributed by atoms with Gasteiger partial charge in [-0.05, 0) is 12.8 Å². The molecule has 0 bridgehead atoms. The molecule has 0 saturated heterocycles. The molecule has 3 heteroatoms. The van der Waals surface area contributed by atoms with E-state index in [-0.39, 0.29) is 6.15 Å². The van der Waals surface area contributed by atoms with E-state index in [4.69, 9.17) is 9.78 Å². The minimum Gasteiger partial charge on any atom is -0.344 e. The maximum absolute atomic E-state index is 5.29. The average Bonchev–Trinajstić information content (AvgIpc) is 2.66. The van der Waals surface area contributed by atoms with Crippen LogP contribution in [-0.4, -0.2) is 13.2 Å². The van der Waals surface area contributed by atoms with E-state index in [0.717, 1.165) is 26.1 Å². The number of rotatable bonds is 23. The van der Waals surface area contributed by atoms with Gasteiger partial charge in [-0.25, -0.2) is 9.78 Å². The van der Waals surface area contributed by atoms with Crippen LogP contribution in [0.2, 0.25) is 0 Å². The number of unbranched alkanes of at least 4 members (excludes halogenated alkanes) is 18. The molecule has 0 radical (unpaired) electrons. The summed E-state index contributed by atoms with van der Waals surface area (Å²) in [4.78, 5) is 10.6. The first-order valence-electron chi connectivity index (χ1n) is 12.2. The van der Waals surface area contributed by atoms with E-state index < -0.39 is 0 Å². The fraction of sp³-hybridized carbons (Fsp3) is 1.00. The number of hydrogen-bond acceptors (Lipinski definition) is 3. The molecule has 0 saturated carbocycles. The van der Waals surface area contributed by atoms with Crippen molar-refractivity contribution >= 4 is 0 Å². The van der Waals surface area contributed by atoms with Gasteiger partial charge in [0.1, 0.15) is 0 Å². The van der Waals surface area contributed by atoms with Gasteiger partial charge in [0.2, 0.25) is 0 Å². The van der Waals surface area contributed by atoms with Crippen LogP contribution in [0.15, 0.2) is 0 Å². The molecule has 0 aliphatic rings. The fourth-order valence-electron chi connectivity index (χ4n) is 3.41. The lowest BCUT2D eigenvalue weighted by atomic mass is 10.1. The lowest BCUT2D eigenvalue weighted by molar-refractivity contribution is -0.295. The van der Waals surface area contributed by atoms with E-state index in [2.05, 4.69) is 13.8 Å². The molecule has 0 unspecified atom stereocenters. The first-order valence-corrected chi connectivity index (χ1v) is 12.2. The van der Waals surface area contributed by atoms with Crippen LogP contribution in [0.3, 0.4) is 0 Å². The molecule has 0 atom stereocenters. The molecular weight excluding hydrogens is 334 g/mol. The second kappa shape index (κ2) is 28.1. The zero-order valence-corrected chi connectivity index (χ0v) is 19.1. The van der Waals surface area contributed by atoms with Crippen LogP contribution in [0, 0.1) is 0 Å². The summed E-state index contributed by atoms with van der Waals surface area (Å²) in [6.07, 6.45) is 27.3. The molecular formula is C24H53NO2. The highest BCUT2D eigenvalue weighted by molar-refractivity contribution is 4.48. The molecule has 0 aliphatic carbocycles. The van der Waals surface area contributed by atoms with Crippen molar-refractivity contribution in [3.8, 4) is 0 Å². The second-order valence-electron chi connectivity index (χ2n) is 8.01. The summed E-state index contributed by atoms with van der Waals surface area (Å²) in [5, 5.41) is 0. The Morgan fingerprint density at radius 2 is 0.556 bits per heavy atom. The Balaban J connectivity index is 0. The van der Waals surface area contributed by atoms with Crippen molar-refractivity contribution in [1.82, 2.24) is 6.15 Å². The van der Waals surface area contributed by atoms with E-state index in [1.165, 1.54) is 116 Å². The first kappa shape index (κ1) is 29.1. The molecule has 0 aromatic rings. The van der Waals surface area contributed by atoms with Gasteiger partial charge in [-0.1, -0.05) is 129 Å². The van der Waals surface area contributed by atoms with Gasteiger partial charge >= 0.3 is 0 Å². The topological polar surface area (TPSA) is 53.5 Å². The zero-order valence-electron chi connectivity index (χ0n) is 19.1. The molecule has 0 fully saturated rings. The van der Waals surface area contributed by atoms with Crippen molar-refractivity contribution in [3.05, 3.63) is 0 Å². The highest BCUT2D eigenvalue weighted by Crippen LogP contribution is 2.11. The van der Waals surface area contributed by atoms with Gasteiger partial charge in [0, 0.05) is 0 Å². The Bertz CT molecular complexity index is 212. The van der Waals surface area contributed by atoms with Gasteiger partial charge in [0.05, 0.1) is 13.2 Å². The SMILES string of the molecule is CCCCCCCCCCCCOOCCCCCCCCCCCC.N. The average molecular weight is 388 g/mol. The Morgan fingerprint density at radius 1 is 0.333 bits per heavy atom. The smallest absolute Gasteiger partial charge is 0.0822 e. The lowest BCUT2D eigenvalue weighted by Gasteiger charge is -2.05. The van der Waals surface area contributed by atoms with Crippen LogP contribution in [0.4, 0.5) is 0 Å². The Morgan fingerprint density at radius 3 is 0.815 bits per heavy atom. The molecule has 0 heterocycles. The predicted octanol–water partition coefficient (Wildman–Crippen LogP) is 8.94. The highest BCUT2D eigenvalue weighted by atomic mass is 17.2. The van der Waals surface area contributed by atoms with Crippen molar-refractivity contribution in [3.63, 3.8) is 0 Å². The van der Waals surface area contributed by atoms with Gasteiger partial charge in [0.15, 0.2) is 0 Å². The molecule has 3 N–H and O–H groups in total. The molecule has 0 amide bonds. The maximum Gasteiger partial charge on any atom is 0.0822 e. The summed E-state index contributed by atoms with van der Waals surface area (Å²) in [6, 6.07) is 0. The van der Waals surface area contributed by atoms with Gasteiger partial charge in [0.25, 0.3) is 0 Å². The van der Waals surface area contributed by atoms with Crippen LogP contribution in [0.25, 0.3) is 0 Å². The molecule has 0 spiro atoms. The van der Waals surface area contributed by atoms with E-state index in [9.17, 15) is 0 Å². The van der Waals surface area contributed by atoms with E-state index in [0.29, 0.717) is 0 Å². The maximum atomic E-state index is 5.29. The zero-order chi connectivity index (χ0) is 19.0. The van der Waals surface area contributed by atoms with Crippen molar-refractivity contribution in [2.24, 2.45) is 0 Å². The summed E-state index contributed by atoms with van der Waals surface area (Å²) in [6.45, 7) is 6.11. The summed E-state index contributed by atoms with van der Waals surface area (Å²) >= 11 is 0. The standard InChI is InChI=1S/C24H50O2.H3N/c1-3-5-7-9-11-13-15-17-19-21-23-25-26-24-22-20-18-16-14-12-10-8-6-4-2;/h3-24H2,1-2H3;1H3. The minimum atomic E-state index is 0. The fourth-order valence-corrected chi connectivity index (χ4v) is 3.41. The van der Waals surface area contributed by atoms with Crippen LogP contribution in [0.1, 0.15) is 142 Å². The molecule has 0 aromatic carbocycles. The summed E-state index contributed by atoms with van der Waals surface area (Å²) in [7, 11) is 0. The first-order chi connectivity index (χ1) is 12.9. The molecule has 166 valence electrons. The van der Waals surface area contributed by atoms with Gasteiger partial charge in [-0.15, -0.1) is 0 Å². The Kier molecular flexibility index (Phi) is 30.3. The predicted molar refractivity (Wildman–Crippen MR) is 121 cm³/mol. The summed E-state index contributed by atoms with van der Waals surface area (Å²) in [5.74, 6) is 0. The Hall–Kier alpha value is -0.120. The Labute approximate surface area is 171 Å². The van der Waals surface area contributed by atoms with Crippen molar-refractivity contribution in [1.29, 1.82) is 0 Å². The van der Waals surface area contributed by atoms with Gasteiger partial charge in [-0.3, -0.25) is 0 Å². The monoisotopic (exact) mass is 387 g/mol. The van der Waals surface area contributed by atoms with E-state index >= 15 is 0 Å². The summed E-state index contributed by atoms with van der Waals surface area (Å²) < 4.78 is 0.